The molecular formula is C27H33Cl. The topological polar surface area (TPSA) is 0 Å². The van der Waals surface area contributed by atoms with Gasteiger partial charge in [-0.15, -0.1) is 0 Å². The highest BCUT2D eigenvalue weighted by molar-refractivity contribution is 6.30. The third-order valence-electron chi connectivity index (χ3n) is 7.28. The maximum atomic E-state index is 6.01. The van der Waals surface area contributed by atoms with Crippen LogP contribution in [-0.4, -0.2) is 0 Å². The van der Waals surface area contributed by atoms with E-state index in [0.717, 1.165) is 28.7 Å². The van der Waals surface area contributed by atoms with Gasteiger partial charge in [0.05, 0.1) is 0 Å². The number of benzene rings is 2. The lowest BCUT2D eigenvalue weighted by Gasteiger charge is -2.37. The van der Waals surface area contributed by atoms with Crippen molar-refractivity contribution < 1.29 is 0 Å². The highest BCUT2D eigenvalue weighted by Crippen LogP contribution is 2.44. The van der Waals surface area contributed by atoms with Gasteiger partial charge in [-0.25, -0.2) is 0 Å². The van der Waals surface area contributed by atoms with Crippen molar-refractivity contribution in [2.75, 3.05) is 0 Å². The fourth-order valence-corrected chi connectivity index (χ4v) is 5.72. The molecule has 2 fully saturated rings. The molecule has 0 spiro atoms. The molecule has 0 amide bonds. The molecule has 0 atom stereocenters. The molecule has 0 aromatic heterocycles. The number of rotatable bonds is 4. The Balaban J connectivity index is 1.31. The molecule has 1 heteroatoms. The summed E-state index contributed by atoms with van der Waals surface area (Å²) in [5.41, 5.74) is 4.06. The second-order valence-corrected chi connectivity index (χ2v) is 9.38. The highest BCUT2D eigenvalue weighted by atomic mass is 35.5. The Morgan fingerprint density at radius 2 is 1.18 bits per heavy atom. The molecule has 0 heterocycles. The molecule has 0 nitrogen and oxygen atoms in total. The molecule has 2 aliphatic rings. The summed E-state index contributed by atoms with van der Waals surface area (Å²) in [6.45, 7) is 2.16. The van der Waals surface area contributed by atoms with Crippen molar-refractivity contribution in [1.82, 2.24) is 0 Å². The molecule has 0 unspecified atom stereocenters. The summed E-state index contributed by atoms with van der Waals surface area (Å²) in [5, 5.41) is 0.799. The summed E-state index contributed by atoms with van der Waals surface area (Å²) in [6.07, 6.45) is 16.0. The minimum Gasteiger partial charge on any atom is -0.0914 e. The Hall–Kier alpha value is -1.53. The van der Waals surface area contributed by atoms with Crippen molar-refractivity contribution in [2.45, 2.75) is 64.2 Å². The Kier molecular flexibility index (Phi) is 6.58. The lowest BCUT2D eigenvalue weighted by Crippen LogP contribution is -2.25. The van der Waals surface area contributed by atoms with Gasteiger partial charge in [0, 0.05) is 5.02 Å². The quantitative estimate of drug-likeness (QED) is 0.456. The summed E-state index contributed by atoms with van der Waals surface area (Å²) in [4.78, 5) is 0. The summed E-state index contributed by atoms with van der Waals surface area (Å²) in [6, 6.07) is 17.4. The second kappa shape index (κ2) is 9.31. The summed E-state index contributed by atoms with van der Waals surface area (Å²) in [5.74, 6) is 3.59. The number of hydrogen-bond acceptors (Lipinski definition) is 0. The normalized spacial score (nSPS) is 28.5. The first-order chi connectivity index (χ1) is 13.7. The molecule has 0 radical (unpaired) electrons. The molecule has 148 valence electrons. The maximum absolute atomic E-state index is 6.01. The summed E-state index contributed by atoms with van der Waals surface area (Å²) in [7, 11) is 0. The zero-order valence-corrected chi connectivity index (χ0v) is 17.9. The zero-order chi connectivity index (χ0) is 19.3. The number of allylic oxidation sites excluding steroid dienone is 2. The van der Waals surface area contributed by atoms with Crippen LogP contribution in [0.25, 0.3) is 11.1 Å². The van der Waals surface area contributed by atoms with Crippen LogP contribution in [0.3, 0.4) is 0 Å². The Morgan fingerprint density at radius 3 is 1.71 bits per heavy atom. The standard InChI is InChI=1S/C27H33Cl/c1-2-3-20-4-6-21(7-5-20)22-8-10-23(11-9-22)24-12-14-25(15-13-24)26-16-18-27(28)19-17-26/h2-3,12-23H,4-11H2,1H3/b3-2+. The lowest BCUT2D eigenvalue weighted by atomic mass is 9.68. The van der Waals surface area contributed by atoms with Crippen molar-refractivity contribution in [3.8, 4) is 11.1 Å². The van der Waals surface area contributed by atoms with Crippen LogP contribution in [0.2, 0.25) is 5.02 Å². The molecule has 2 aliphatic carbocycles. The Bertz CT molecular complexity index is 755. The lowest BCUT2D eigenvalue weighted by molar-refractivity contribution is 0.171. The molecule has 2 aromatic carbocycles. The SMILES string of the molecule is C/C=C/C1CCC(C2CCC(c3ccc(-c4ccc(Cl)cc4)cc3)CC2)CC1. The van der Waals surface area contributed by atoms with Crippen molar-refractivity contribution in [3.05, 3.63) is 71.3 Å². The van der Waals surface area contributed by atoms with Gasteiger partial charge in [0.15, 0.2) is 0 Å². The van der Waals surface area contributed by atoms with Gasteiger partial charge in [0.1, 0.15) is 0 Å². The van der Waals surface area contributed by atoms with Crippen LogP contribution in [0.4, 0.5) is 0 Å². The van der Waals surface area contributed by atoms with E-state index in [9.17, 15) is 0 Å². The van der Waals surface area contributed by atoms with Crippen LogP contribution in [0.1, 0.15) is 69.8 Å². The number of halogens is 1. The largest absolute Gasteiger partial charge is 0.0914 e. The zero-order valence-electron chi connectivity index (χ0n) is 17.1. The first-order valence-electron chi connectivity index (χ1n) is 11.2. The smallest absolute Gasteiger partial charge is 0.0406 e. The average Bonchev–Trinajstić information content (AvgIpc) is 2.75. The van der Waals surface area contributed by atoms with E-state index in [1.54, 1.807) is 0 Å². The van der Waals surface area contributed by atoms with E-state index < -0.39 is 0 Å². The first-order valence-corrected chi connectivity index (χ1v) is 11.6. The van der Waals surface area contributed by atoms with Gasteiger partial charge in [0.2, 0.25) is 0 Å². The van der Waals surface area contributed by atoms with Gasteiger partial charge in [-0.1, -0.05) is 60.2 Å². The maximum Gasteiger partial charge on any atom is 0.0406 e. The molecular weight excluding hydrogens is 360 g/mol. The van der Waals surface area contributed by atoms with Crippen LogP contribution in [-0.2, 0) is 0 Å². The van der Waals surface area contributed by atoms with Gasteiger partial charge >= 0.3 is 0 Å². The fourth-order valence-electron chi connectivity index (χ4n) is 5.60. The van der Waals surface area contributed by atoms with Gasteiger partial charge in [-0.05, 0) is 111 Å². The van der Waals surface area contributed by atoms with E-state index in [2.05, 4.69) is 55.5 Å². The molecule has 2 saturated carbocycles. The predicted octanol–water partition coefficient (Wildman–Crippen LogP) is 8.66. The molecule has 28 heavy (non-hydrogen) atoms. The van der Waals surface area contributed by atoms with Crippen LogP contribution in [0.15, 0.2) is 60.7 Å². The van der Waals surface area contributed by atoms with E-state index in [4.69, 9.17) is 11.6 Å². The molecule has 0 aliphatic heterocycles. The summed E-state index contributed by atoms with van der Waals surface area (Å²) >= 11 is 6.01. The third-order valence-corrected chi connectivity index (χ3v) is 7.53. The van der Waals surface area contributed by atoms with E-state index in [1.165, 1.54) is 68.1 Å². The molecule has 0 bridgehead atoms. The first kappa shape index (κ1) is 19.8. The molecule has 0 N–H and O–H groups in total. The van der Waals surface area contributed by atoms with E-state index >= 15 is 0 Å². The minimum absolute atomic E-state index is 0.759. The van der Waals surface area contributed by atoms with E-state index in [-0.39, 0.29) is 0 Å². The monoisotopic (exact) mass is 392 g/mol. The van der Waals surface area contributed by atoms with Gasteiger partial charge in [0.25, 0.3) is 0 Å². The van der Waals surface area contributed by atoms with Gasteiger partial charge in [-0.2, -0.15) is 0 Å². The molecule has 0 saturated heterocycles. The Morgan fingerprint density at radius 1 is 0.679 bits per heavy atom. The fraction of sp³-hybridized carbons (Fsp3) is 0.481. The van der Waals surface area contributed by atoms with Gasteiger partial charge < -0.3 is 0 Å². The van der Waals surface area contributed by atoms with E-state index in [1.807, 2.05) is 12.1 Å². The highest BCUT2D eigenvalue weighted by Gasteiger charge is 2.30. The van der Waals surface area contributed by atoms with Crippen LogP contribution >= 0.6 is 11.6 Å². The van der Waals surface area contributed by atoms with Crippen molar-refractivity contribution in [1.29, 1.82) is 0 Å². The van der Waals surface area contributed by atoms with Crippen molar-refractivity contribution in [2.24, 2.45) is 17.8 Å². The third kappa shape index (κ3) is 4.71. The molecule has 4 rings (SSSR count). The number of hydrogen-bond donors (Lipinski definition) is 0. The Labute approximate surface area is 176 Å². The van der Waals surface area contributed by atoms with Crippen LogP contribution < -0.4 is 0 Å². The molecule has 2 aromatic rings. The van der Waals surface area contributed by atoms with Crippen LogP contribution in [0.5, 0.6) is 0 Å². The average molecular weight is 393 g/mol. The minimum atomic E-state index is 0.759. The summed E-state index contributed by atoms with van der Waals surface area (Å²) < 4.78 is 0. The van der Waals surface area contributed by atoms with Crippen molar-refractivity contribution >= 4 is 11.6 Å². The van der Waals surface area contributed by atoms with Crippen molar-refractivity contribution in [3.63, 3.8) is 0 Å². The second-order valence-electron chi connectivity index (χ2n) is 8.94. The predicted molar refractivity (Wildman–Crippen MR) is 122 cm³/mol. The van der Waals surface area contributed by atoms with Gasteiger partial charge in [-0.3, -0.25) is 0 Å². The van der Waals surface area contributed by atoms with E-state index in [0.29, 0.717) is 0 Å². The van der Waals surface area contributed by atoms with Crippen LogP contribution in [0, 0.1) is 17.8 Å².